The number of esters is 1. The maximum Gasteiger partial charge on any atom is 0.311 e. The zero-order valence-electron chi connectivity index (χ0n) is 19.5. The van der Waals surface area contributed by atoms with E-state index in [-0.39, 0.29) is 24.8 Å². The highest BCUT2D eigenvalue weighted by Crippen LogP contribution is 2.36. The Morgan fingerprint density at radius 3 is 2.74 bits per heavy atom. The van der Waals surface area contributed by atoms with E-state index >= 15 is 4.39 Å². The molecule has 0 fully saturated rings. The first-order valence-corrected chi connectivity index (χ1v) is 11.2. The second-order valence-corrected chi connectivity index (χ2v) is 8.15. The highest BCUT2D eigenvalue weighted by molar-refractivity contribution is 5.93. The van der Waals surface area contributed by atoms with Crippen LogP contribution in [0, 0.1) is 19.7 Å². The van der Waals surface area contributed by atoms with Crippen molar-refractivity contribution in [2.24, 2.45) is 5.73 Å². The number of ether oxygens (including phenoxy) is 2. The van der Waals surface area contributed by atoms with Gasteiger partial charge in [-0.05, 0) is 67.3 Å². The van der Waals surface area contributed by atoms with Crippen LogP contribution in [0.25, 0.3) is 22.1 Å². The molecule has 6 nitrogen and oxygen atoms in total. The van der Waals surface area contributed by atoms with Gasteiger partial charge < -0.3 is 19.6 Å². The van der Waals surface area contributed by atoms with Gasteiger partial charge in [0.2, 0.25) is 0 Å². The average molecular weight is 463 g/mol. The fraction of sp³-hybridized carbons (Fsp3) is 0.259. The first kappa shape index (κ1) is 23.4. The molecule has 34 heavy (non-hydrogen) atoms. The molecule has 2 aromatic carbocycles. The lowest BCUT2D eigenvalue weighted by atomic mass is 10.00. The number of nitrogens with two attached hydrogens (primary N) is 1. The summed E-state index contributed by atoms with van der Waals surface area (Å²) < 4.78 is 32.4. The van der Waals surface area contributed by atoms with Crippen LogP contribution in [0.5, 0.6) is 11.5 Å². The van der Waals surface area contributed by atoms with Gasteiger partial charge in [-0.2, -0.15) is 0 Å². The molecular formula is C27H27FN2O4. The summed E-state index contributed by atoms with van der Waals surface area (Å²) in [5.41, 5.74) is 10.1. The molecule has 0 amide bonds. The number of nitrogens with zero attached hydrogens (tertiary/aromatic N) is 1. The summed E-state index contributed by atoms with van der Waals surface area (Å²) in [7, 11) is 0. The number of aryl methyl sites for hydroxylation is 1. The first-order chi connectivity index (χ1) is 16.4. The molecule has 7 heteroatoms. The minimum absolute atomic E-state index is 0.00403. The molecule has 0 aliphatic rings. The normalized spacial score (nSPS) is 11.1. The van der Waals surface area contributed by atoms with Gasteiger partial charge in [-0.3, -0.25) is 9.78 Å². The number of fused-ring (bicyclic) bond motifs is 1. The number of hydrogen-bond acceptors (Lipinski definition) is 6. The van der Waals surface area contributed by atoms with Crippen LogP contribution >= 0.6 is 0 Å². The molecule has 0 spiro atoms. The van der Waals surface area contributed by atoms with Crippen LogP contribution in [-0.4, -0.2) is 11.0 Å². The van der Waals surface area contributed by atoms with E-state index in [2.05, 4.69) is 4.98 Å². The minimum Gasteiger partial charge on any atom is -0.485 e. The van der Waals surface area contributed by atoms with Crippen molar-refractivity contribution in [1.29, 1.82) is 0 Å². The predicted octanol–water partition coefficient (Wildman–Crippen LogP) is 5.99. The van der Waals surface area contributed by atoms with Gasteiger partial charge in [-0.15, -0.1) is 0 Å². The Hall–Kier alpha value is -3.71. The van der Waals surface area contributed by atoms with Crippen molar-refractivity contribution in [2.45, 2.75) is 46.8 Å². The average Bonchev–Trinajstić information content (AvgIpc) is 3.30. The molecule has 0 aliphatic heterocycles. The fourth-order valence-corrected chi connectivity index (χ4v) is 3.82. The number of aromatic nitrogens is 1. The van der Waals surface area contributed by atoms with Crippen LogP contribution in [0.4, 0.5) is 4.39 Å². The monoisotopic (exact) mass is 462 g/mol. The molecule has 2 aromatic heterocycles. The summed E-state index contributed by atoms with van der Waals surface area (Å²) >= 11 is 0. The minimum atomic E-state index is -0.472. The zero-order valence-corrected chi connectivity index (χ0v) is 19.5. The molecule has 2 heterocycles. The lowest BCUT2D eigenvalue weighted by Gasteiger charge is -2.16. The van der Waals surface area contributed by atoms with Gasteiger partial charge in [0, 0.05) is 35.7 Å². The number of rotatable bonds is 8. The Morgan fingerprint density at radius 2 is 1.97 bits per heavy atom. The van der Waals surface area contributed by atoms with Crippen molar-refractivity contribution >= 4 is 16.9 Å². The number of carbonyl (C=O) groups excluding carboxylic acids is 1. The third-order valence-corrected chi connectivity index (χ3v) is 5.76. The molecule has 0 atom stereocenters. The molecule has 0 unspecified atom stereocenters. The van der Waals surface area contributed by atoms with Crippen molar-refractivity contribution in [2.75, 3.05) is 0 Å². The molecule has 4 rings (SSSR count). The highest BCUT2D eigenvalue weighted by Gasteiger charge is 2.18. The van der Waals surface area contributed by atoms with E-state index in [9.17, 15) is 4.79 Å². The molecule has 0 radical (unpaired) electrons. The summed E-state index contributed by atoms with van der Waals surface area (Å²) in [6.45, 7) is 6.00. The summed E-state index contributed by atoms with van der Waals surface area (Å²) in [6, 6.07) is 10.8. The molecule has 2 N–H and O–H groups in total. The van der Waals surface area contributed by atoms with Gasteiger partial charge in [-0.1, -0.05) is 13.0 Å². The van der Waals surface area contributed by atoms with E-state index in [1.807, 2.05) is 45.0 Å². The zero-order chi connectivity index (χ0) is 24.2. The standard InChI is InChI=1S/C27H27FN2O4/c1-4-5-24(31)34-23-7-6-16(2)17(3)26(23)33-15-18-12-19-9-11-32-27(19)21(13-18)20-8-10-30-22(14-29)25(20)28/h6-13H,4-5,14-15,29H2,1-3H3. The number of carbonyl (C=O) groups is 1. The largest absolute Gasteiger partial charge is 0.485 e. The van der Waals surface area contributed by atoms with Gasteiger partial charge in [0.1, 0.15) is 12.2 Å². The van der Waals surface area contributed by atoms with Crippen molar-refractivity contribution in [1.82, 2.24) is 4.98 Å². The second-order valence-electron chi connectivity index (χ2n) is 8.15. The van der Waals surface area contributed by atoms with Crippen molar-refractivity contribution < 1.29 is 23.1 Å². The molecule has 0 aliphatic carbocycles. The number of benzene rings is 2. The Balaban J connectivity index is 1.70. The Bertz CT molecular complexity index is 1350. The second kappa shape index (κ2) is 10.1. The van der Waals surface area contributed by atoms with Crippen LogP contribution in [0.2, 0.25) is 0 Å². The molecule has 0 saturated carbocycles. The molecule has 0 saturated heterocycles. The SMILES string of the molecule is CCCC(=O)Oc1ccc(C)c(C)c1OCc1cc(-c2ccnc(CN)c2F)c2occc2c1. The van der Waals surface area contributed by atoms with E-state index < -0.39 is 5.82 Å². The maximum absolute atomic E-state index is 15.0. The molecular weight excluding hydrogens is 435 g/mol. The Labute approximate surface area is 197 Å². The van der Waals surface area contributed by atoms with Gasteiger partial charge in [0.05, 0.1) is 12.0 Å². The van der Waals surface area contributed by atoms with Crippen molar-refractivity contribution in [3.63, 3.8) is 0 Å². The topological polar surface area (TPSA) is 87.6 Å². The summed E-state index contributed by atoms with van der Waals surface area (Å²) in [6.07, 6.45) is 4.13. The summed E-state index contributed by atoms with van der Waals surface area (Å²) in [5.74, 6) is 0.125. The number of halogens is 1. The quantitative estimate of drug-likeness (QED) is 0.255. The smallest absolute Gasteiger partial charge is 0.311 e. The Morgan fingerprint density at radius 1 is 1.15 bits per heavy atom. The van der Waals surface area contributed by atoms with Gasteiger partial charge >= 0.3 is 5.97 Å². The predicted molar refractivity (Wildman–Crippen MR) is 128 cm³/mol. The number of pyridine rings is 1. The molecule has 4 aromatic rings. The lowest BCUT2D eigenvalue weighted by Crippen LogP contribution is -2.09. The van der Waals surface area contributed by atoms with Crippen molar-refractivity contribution in [3.8, 4) is 22.6 Å². The third kappa shape index (κ3) is 4.65. The summed E-state index contributed by atoms with van der Waals surface area (Å²) in [4.78, 5) is 16.1. The number of furan rings is 1. The molecule has 176 valence electrons. The van der Waals surface area contributed by atoms with Gasteiger partial charge in [-0.25, -0.2) is 4.39 Å². The van der Waals surface area contributed by atoms with E-state index in [1.54, 1.807) is 18.4 Å². The fourth-order valence-electron chi connectivity index (χ4n) is 3.82. The highest BCUT2D eigenvalue weighted by atomic mass is 19.1. The van der Waals surface area contributed by atoms with Crippen LogP contribution in [-0.2, 0) is 17.9 Å². The van der Waals surface area contributed by atoms with E-state index in [4.69, 9.17) is 19.6 Å². The van der Waals surface area contributed by atoms with E-state index in [0.29, 0.717) is 41.1 Å². The molecule has 0 bridgehead atoms. The Kier molecular flexibility index (Phi) is 6.93. The third-order valence-electron chi connectivity index (χ3n) is 5.76. The maximum atomic E-state index is 15.0. The van der Waals surface area contributed by atoms with Gasteiger partial charge in [0.25, 0.3) is 0 Å². The summed E-state index contributed by atoms with van der Waals surface area (Å²) in [5, 5.41) is 0.817. The van der Waals surface area contributed by atoms with E-state index in [0.717, 1.165) is 22.1 Å². The van der Waals surface area contributed by atoms with Crippen LogP contribution < -0.4 is 15.2 Å². The van der Waals surface area contributed by atoms with Gasteiger partial charge in [0.15, 0.2) is 17.3 Å². The number of hydrogen-bond donors (Lipinski definition) is 1. The van der Waals surface area contributed by atoms with Crippen LogP contribution in [0.3, 0.4) is 0 Å². The van der Waals surface area contributed by atoms with Crippen LogP contribution in [0.1, 0.15) is 42.1 Å². The van der Waals surface area contributed by atoms with E-state index in [1.165, 1.54) is 6.20 Å². The van der Waals surface area contributed by atoms with Crippen LogP contribution in [0.15, 0.2) is 53.3 Å². The first-order valence-electron chi connectivity index (χ1n) is 11.2. The lowest BCUT2D eigenvalue weighted by molar-refractivity contribution is -0.134. The van der Waals surface area contributed by atoms with Crippen molar-refractivity contribution in [3.05, 3.63) is 77.1 Å².